The number of hydrogen-bond donors (Lipinski definition) is 1. The summed E-state index contributed by atoms with van der Waals surface area (Å²) in [6.07, 6.45) is 3.94. The van der Waals surface area contributed by atoms with E-state index in [1.54, 1.807) is 0 Å². The van der Waals surface area contributed by atoms with Crippen LogP contribution in [-0.4, -0.2) is 23.5 Å². The predicted octanol–water partition coefficient (Wildman–Crippen LogP) is 1.95. The first kappa shape index (κ1) is 10.6. The maximum atomic E-state index is 12.1. The highest BCUT2D eigenvalue weighted by Gasteiger charge is 2.37. The Hall–Kier alpha value is -1.58. The third kappa shape index (κ3) is 1.68. The highest BCUT2D eigenvalue weighted by molar-refractivity contribution is 6.02. The number of aryl methyl sites for hydroxylation is 1. The van der Waals surface area contributed by atoms with E-state index in [1.807, 2.05) is 19.2 Å². The summed E-state index contributed by atoms with van der Waals surface area (Å²) in [4.78, 5) is 18.7. The smallest absolute Gasteiger partial charge is 0.247 e. The second-order valence-electron chi connectivity index (χ2n) is 5.21. The molecular formula is C13H17N3O. The number of carbonyl (C=O) groups excluding carboxylic acids is 1. The number of hydrogen-bond acceptors (Lipinski definition) is 3. The molecule has 2 unspecified atom stereocenters. The number of pyridine rings is 1. The minimum atomic E-state index is -0.0264. The maximum absolute atomic E-state index is 12.1. The summed E-state index contributed by atoms with van der Waals surface area (Å²) in [6.45, 7) is 5.13. The molecule has 90 valence electrons. The third-order valence-electron chi connectivity index (χ3n) is 3.70. The van der Waals surface area contributed by atoms with Crippen LogP contribution in [0.2, 0.25) is 0 Å². The Kier molecular flexibility index (Phi) is 2.31. The number of nitrogens with one attached hydrogen (secondary N) is 1. The molecule has 4 heteroatoms. The molecule has 1 N–H and O–H groups in total. The van der Waals surface area contributed by atoms with Gasteiger partial charge in [0.2, 0.25) is 5.91 Å². The van der Waals surface area contributed by atoms with Crippen molar-refractivity contribution in [3.8, 4) is 0 Å². The van der Waals surface area contributed by atoms with E-state index in [0.29, 0.717) is 5.92 Å². The van der Waals surface area contributed by atoms with E-state index in [9.17, 15) is 4.79 Å². The topological polar surface area (TPSA) is 45.2 Å². The van der Waals surface area contributed by atoms with Crippen LogP contribution in [0.25, 0.3) is 0 Å². The highest BCUT2D eigenvalue weighted by Crippen LogP contribution is 2.35. The molecule has 0 bridgehead atoms. The Balaban J connectivity index is 2.02. The fraction of sp³-hybridized carbons (Fsp3) is 0.538. The lowest BCUT2D eigenvalue weighted by atomic mass is 9.90. The largest absolute Gasteiger partial charge is 0.343 e. The van der Waals surface area contributed by atoms with E-state index in [-0.39, 0.29) is 11.9 Å². The van der Waals surface area contributed by atoms with Crippen molar-refractivity contribution in [2.24, 2.45) is 5.92 Å². The average Bonchev–Trinajstić information content (AvgIpc) is 2.29. The van der Waals surface area contributed by atoms with Crippen molar-refractivity contribution in [3.05, 3.63) is 17.8 Å². The second-order valence-corrected chi connectivity index (χ2v) is 5.21. The first-order chi connectivity index (χ1) is 8.15. The number of piperidine rings is 1. The van der Waals surface area contributed by atoms with Gasteiger partial charge in [-0.15, -0.1) is 0 Å². The Morgan fingerprint density at radius 3 is 3.18 bits per heavy atom. The Bertz CT molecular complexity index is 472. The molecule has 1 aromatic rings. The van der Waals surface area contributed by atoms with Gasteiger partial charge in [-0.1, -0.05) is 6.92 Å². The summed E-state index contributed by atoms with van der Waals surface area (Å²) in [5.41, 5.74) is 1.94. The standard InChI is InChI=1S/C13H17N3O/c1-8-3-4-16-11(6-8)13(17)15-10-5-9(2)7-14-12(10)16/h5,7-8,11H,3-4,6H2,1-2H3,(H,15,17). The van der Waals surface area contributed by atoms with Crippen LogP contribution in [0.5, 0.6) is 0 Å². The molecule has 0 aliphatic carbocycles. The number of anilines is 2. The third-order valence-corrected chi connectivity index (χ3v) is 3.70. The van der Waals surface area contributed by atoms with E-state index in [4.69, 9.17) is 0 Å². The maximum Gasteiger partial charge on any atom is 0.247 e. The van der Waals surface area contributed by atoms with Crippen molar-refractivity contribution in [3.63, 3.8) is 0 Å². The average molecular weight is 231 g/mol. The zero-order valence-corrected chi connectivity index (χ0v) is 10.2. The Morgan fingerprint density at radius 2 is 2.35 bits per heavy atom. The van der Waals surface area contributed by atoms with Crippen LogP contribution < -0.4 is 10.2 Å². The number of carbonyl (C=O) groups is 1. The van der Waals surface area contributed by atoms with Gasteiger partial charge in [0, 0.05) is 12.7 Å². The molecule has 0 saturated carbocycles. The summed E-state index contributed by atoms with van der Waals surface area (Å²) < 4.78 is 0. The van der Waals surface area contributed by atoms with Crippen LogP contribution in [0.1, 0.15) is 25.3 Å². The van der Waals surface area contributed by atoms with E-state index < -0.39 is 0 Å². The van der Waals surface area contributed by atoms with Crippen molar-refractivity contribution in [2.45, 2.75) is 32.7 Å². The molecule has 2 aliphatic rings. The van der Waals surface area contributed by atoms with E-state index in [1.165, 1.54) is 0 Å². The molecule has 1 fully saturated rings. The zero-order chi connectivity index (χ0) is 12.0. The van der Waals surface area contributed by atoms with Gasteiger partial charge >= 0.3 is 0 Å². The van der Waals surface area contributed by atoms with Crippen molar-refractivity contribution in [1.29, 1.82) is 0 Å². The van der Waals surface area contributed by atoms with Crippen LogP contribution in [0.15, 0.2) is 12.3 Å². The number of nitrogens with zero attached hydrogens (tertiary/aromatic N) is 2. The summed E-state index contributed by atoms with van der Waals surface area (Å²) in [5, 5.41) is 2.98. The lowest BCUT2D eigenvalue weighted by molar-refractivity contribution is -0.118. The van der Waals surface area contributed by atoms with Crippen molar-refractivity contribution in [1.82, 2.24) is 4.98 Å². The monoisotopic (exact) mass is 231 g/mol. The molecule has 0 radical (unpaired) electrons. The highest BCUT2D eigenvalue weighted by atomic mass is 16.2. The molecule has 17 heavy (non-hydrogen) atoms. The van der Waals surface area contributed by atoms with E-state index in [0.717, 1.165) is 36.5 Å². The van der Waals surface area contributed by atoms with Crippen LogP contribution in [0, 0.1) is 12.8 Å². The van der Waals surface area contributed by atoms with Crippen LogP contribution in [0.4, 0.5) is 11.5 Å². The van der Waals surface area contributed by atoms with Gasteiger partial charge in [0.05, 0.1) is 5.69 Å². The van der Waals surface area contributed by atoms with E-state index in [2.05, 4.69) is 22.1 Å². The van der Waals surface area contributed by atoms with Gasteiger partial charge in [-0.3, -0.25) is 4.79 Å². The van der Waals surface area contributed by atoms with Crippen LogP contribution in [0.3, 0.4) is 0 Å². The minimum absolute atomic E-state index is 0.0264. The second kappa shape index (κ2) is 3.72. The number of rotatable bonds is 0. The molecule has 2 atom stereocenters. The Labute approximate surface area is 101 Å². The van der Waals surface area contributed by atoms with E-state index >= 15 is 0 Å². The molecule has 2 aliphatic heterocycles. The van der Waals surface area contributed by atoms with Gasteiger partial charge in [0.25, 0.3) is 0 Å². The van der Waals surface area contributed by atoms with Crippen molar-refractivity contribution in [2.75, 3.05) is 16.8 Å². The molecule has 4 nitrogen and oxygen atoms in total. The van der Waals surface area contributed by atoms with Gasteiger partial charge in [-0.25, -0.2) is 4.98 Å². The first-order valence-electron chi connectivity index (χ1n) is 6.19. The fourth-order valence-electron chi connectivity index (χ4n) is 2.74. The van der Waals surface area contributed by atoms with Gasteiger partial charge in [0.1, 0.15) is 6.04 Å². The summed E-state index contributed by atoms with van der Waals surface area (Å²) >= 11 is 0. The minimum Gasteiger partial charge on any atom is -0.343 e. The lowest BCUT2D eigenvalue weighted by Gasteiger charge is -2.42. The molecule has 1 aromatic heterocycles. The number of amides is 1. The number of aromatic nitrogens is 1. The first-order valence-corrected chi connectivity index (χ1v) is 6.19. The lowest BCUT2D eigenvalue weighted by Crippen LogP contribution is -2.52. The molecule has 1 amide bonds. The summed E-state index contributed by atoms with van der Waals surface area (Å²) in [7, 11) is 0. The van der Waals surface area contributed by atoms with Crippen LogP contribution in [-0.2, 0) is 4.79 Å². The summed E-state index contributed by atoms with van der Waals surface area (Å²) in [5.74, 6) is 1.68. The molecule has 3 rings (SSSR count). The molecule has 0 spiro atoms. The SMILES string of the molecule is Cc1cnc2c(c1)NC(=O)C1CC(C)CCN21. The molecule has 0 aromatic carbocycles. The Morgan fingerprint density at radius 1 is 1.53 bits per heavy atom. The molecular weight excluding hydrogens is 214 g/mol. The normalized spacial score (nSPS) is 27.2. The van der Waals surface area contributed by atoms with Crippen LogP contribution >= 0.6 is 0 Å². The number of fused-ring (bicyclic) bond motifs is 3. The fourth-order valence-corrected chi connectivity index (χ4v) is 2.74. The van der Waals surface area contributed by atoms with Gasteiger partial charge in [-0.2, -0.15) is 0 Å². The van der Waals surface area contributed by atoms with Gasteiger partial charge in [0.15, 0.2) is 5.82 Å². The zero-order valence-electron chi connectivity index (χ0n) is 10.2. The van der Waals surface area contributed by atoms with Crippen molar-refractivity contribution < 1.29 is 4.79 Å². The predicted molar refractivity (Wildman–Crippen MR) is 67.1 cm³/mol. The van der Waals surface area contributed by atoms with Gasteiger partial charge < -0.3 is 10.2 Å². The quantitative estimate of drug-likeness (QED) is 0.742. The van der Waals surface area contributed by atoms with Gasteiger partial charge in [-0.05, 0) is 37.3 Å². The molecule has 3 heterocycles. The van der Waals surface area contributed by atoms with Crippen molar-refractivity contribution >= 4 is 17.4 Å². The summed E-state index contributed by atoms with van der Waals surface area (Å²) in [6, 6.07) is 1.97. The molecule has 1 saturated heterocycles.